The van der Waals surface area contributed by atoms with Crippen molar-refractivity contribution in [1.82, 2.24) is 14.9 Å². The van der Waals surface area contributed by atoms with Crippen LogP contribution in [0.4, 0.5) is 0 Å². The van der Waals surface area contributed by atoms with Crippen molar-refractivity contribution in [2.75, 3.05) is 0 Å². The van der Waals surface area contributed by atoms with Gasteiger partial charge in [-0.3, -0.25) is 4.79 Å². The SMILES string of the molecule is CC(C)NC(=O)c1ccc2snnc2c1. The zero-order valence-electron chi connectivity index (χ0n) is 8.52. The van der Waals surface area contributed by atoms with Crippen LogP contribution in [0.3, 0.4) is 0 Å². The lowest BCUT2D eigenvalue weighted by atomic mass is 10.2. The highest BCUT2D eigenvalue weighted by Crippen LogP contribution is 2.16. The van der Waals surface area contributed by atoms with Crippen LogP contribution in [0.25, 0.3) is 10.2 Å². The molecular weight excluding hydrogens is 210 g/mol. The van der Waals surface area contributed by atoms with Crippen molar-refractivity contribution in [2.45, 2.75) is 19.9 Å². The molecular formula is C10H11N3OS. The molecule has 78 valence electrons. The van der Waals surface area contributed by atoms with Crippen LogP contribution >= 0.6 is 11.5 Å². The fraction of sp³-hybridized carbons (Fsp3) is 0.300. The van der Waals surface area contributed by atoms with Crippen LogP contribution < -0.4 is 5.32 Å². The van der Waals surface area contributed by atoms with Crippen molar-refractivity contribution in [3.63, 3.8) is 0 Å². The van der Waals surface area contributed by atoms with E-state index in [9.17, 15) is 4.79 Å². The molecule has 0 spiro atoms. The van der Waals surface area contributed by atoms with Gasteiger partial charge in [0.05, 0.1) is 4.70 Å². The van der Waals surface area contributed by atoms with Gasteiger partial charge in [-0.15, -0.1) is 5.10 Å². The van der Waals surface area contributed by atoms with Crippen molar-refractivity contribution >= 4 is 27.7 Å². The predicted octanol–water partition coefficient (Wildman–Crippen LogP) is 1.83. The molecule has 1 N–H and O–H groups in total. The summed E-state index contributed by atoms with van der Waals surface area (Å²) < 4.78 is 4.82. The summed E-state index contributed by atoms with van der Waals surface area (Å²) in [6, 6.07) is 5.56. The summed E-state index contributed by atoms with van der Waals surface area (Å²) in [5, 5.41) is 6.76. The van der Waals surface area contributed by atoms with Crippen molar-refractivity contribution in [1.29, 1.82) is 0 Å². The Kier molecular flexibility index (Phi) is 2.64. The van der Waals surface area contributed by atoms with E-state index >= 15 is 0 Å². The van der Waals surface area contributed by atoms with E-state index < -0.39 is 0 Å². The van der Waals surface area contributed by atoms with Crippen molar-refractivity contribution in [3.05, 3.63) is 23.8 Å². The molecule has 0 bridgehead atoms. The Hall–Kier alpha value is -1.49. The molecule has 1 aromatic heterocycles. The minimum Gasteiger partial charge on any atom is -0.350 e. The molecule has 0 aliphatic carbocycles. The molecule has 0 unspecified atom stereocenters. The van der Waals surface area contributed by atoms with Crippen LogP contribution in [0.2, 0.25) is 0 Å². The highest BCUT2D eigenvalue weighted by atomic mass is 32.1. The van der Waals surface area contributed by atoms with Crippen molar-refractivity contribution in [2.24, 2.45) is 0 Å². The minimum absolute atomic E-state index is 0.0695. The van der Waals surface area contributed by atoms with E-state index in [2.05, 4.69) is 14.9 Å². The van der Waals surface area contributed by atoms with Crippen LogP contribution in [0, 0.1) is 0 Å². The fourth-order valence-corrected chi connectivity index (χ4v) is 1.81. The van der Waals surface area contributed by atoms with Gasteiger partial charge in [0, 0.05) is 11.6 Å². The molecule has 2 rings (SSSR count). The number of aromatic nitrogens is 2. The summed E-state index contributed by atoms with van der Waals surface area (Å²) in [7, 11) is 0. The number of fused-ring (bicyclic) bond motifs is 1. The lowest BCUT2D eigenvalue weighted by Crippen LogP contribution is -2.29. The first-order valence-corrected chi connectivity index (χ1v) is 5.47. The zero-order chi connectivity index (χ0) is 10.8. The molecule has 0 fully saturated rings. The Labute approximate surface area is 91.5 Å². The van der Waals surface area contributed by atoms with E-state index in [0.29, 0.717) is 5.56 Å². The van der Waals surface area contributed by atoms with Gasteiger partial charge in [0.2, 0.25) is 0 Å². The number of hydrogen-bond acceptors (Lipinski definition) is 4. The Bertz CT molecular complexity index is 492. The van der Waals surface area contributed by atoms with Crippen LogP contribution in [0.1, 0.15) is 24.2 Å². The number of amides is 1. The Balaban J connectivity index is 2.31. The highest BCUT2D eigenvalue weighted by molar-refractivity contribution is 7.12. The molecule has 0 atom stereocenters. The summed E-state index contributed by atoms with van der Waals surface area (Å²) in [5.41, 5.74) is 1.40. The van der Waals surface area contributed by atoms with Gasteiger partial charge in [0.1, 0.15) is 5.52 Å². The highest BCUT2D eigenvalue weighted by Gasteiger charge is 2.08. The maximum atomic E-state index is 11.7. The minimum atomic E-state index is -0.0695. The molecule has 5 heteroatoms. The summed E-state index contributed by atoms with van der Waals surface area (Å²) in [4.78, 5) is 11.7. The topological polar surface area (TPSA) is 54.9 Å². The van der Waals surface area contributed by atoms with Gasteiger partial charge in [0.15, 0.2) is 0 Å². The monoisotopic (exact) mass is 221 g/mol. The third-order valence-electron chi connectivity index (χ3n) is 1.93. The predicted molar refractivity (Wildman–Crippen MR) is 60.0 cm³/mol. The number of rotatable bonds is 2. The molecule has 0 saturated carbocycles. The van der Waals surface area contributed by atoms with Gasteiger partial charge in [-0.2, -0.15) is 0 Å². The van der Waals surface area contributed by atoms with E-state index in [0.717, 1.165) is 10.2 Å². The average Bonchev–Trinajstić information content (AvgIpc) is 2.62. The number of carbonyl (C=O) groups is 1. The van der Waals surface area contributed by atoms with Gasteiger partial charge in [0.25, 0.3) is 5.91 Å². The van der Waals surface area contributed by atoms with Gasteiger partial charge < -0.3 is 5.32 Å². The summed E-state index contributed by atoms with van der Waals surface area (Å²) >= 11 is 1.33. The lowest BCUT2D eigenvalue weighted by Gasteiger charge is -2.07. The van der Waals surface area contributed by atoms with E-state index in [-0.39, 0.29) is 11.9 Å². The second-order valence-corrected chi connectivity index (χ2v) is 4.37. The maximum absolute atomic E-state index is 11.7. The van der Waals surface area contributed by atoms with E-state index in [1.165, 1.54) is 11.5 Å². The van der Waals surface area contributed by atoms with Crippen LogP contribution in [-0.2, 0) is 0 Å². The number of benzene rings is 1. The van der Waals surface area contributed by atoms with Gasteiger partial charge in [-0.1, -0.05) is 4.49 Å². The molecule has 15 heavy (non-hydrogen) atoms. The molecule has 0 aliphatic heterocycles. The molecule has 0 radical (unpaired) electrons. The Morgan fingerprint density at radius 3 is 3.00 bits per heavy atom. The Morgan fingerprint density at radius 2 is 2.27 bits per heavy atom. The number of nitrogens with one attached hydrogen (secondary N) is 1. The summed E-state index contributed by atoms with van der Waals surface area (Å²) in [6.45, 7) is 3.86. The second-order valence-electron chi connectivity index (χ2n) is 3.58. The molecule has 0 aliphatic rings. The quantitative estimate of drug-likeness (QED) is 0.841. The first kappa shape index (κ1) is 10.0. The molecule has 1 heterocycles. The smallest absolute Gasteiger partial charge is 0.251 e. The van der Waals surface area contributed by atoms with Crippen molar-refractivity contribution in [3.8, 4) is 0 Å². The maximum Gasteiger partial charge on any atom is 0.251 e. The molecule has 4 nitrogen and oxygen atoms in total. The summed E-state index contributed by atoms with van der Waals surface area (Å²) in [5.74, 6) is -0.0695. The number of carbonyl (C=O) groups excluding carboxylic acids is 1. The van der Waals surface area contributed by atoms with Gasteiger partial charge >= 0.3 is 0 Å². The van der Waals surface area contributed by atoms with Crippen LogP contribution in [-0.4, -0.2) is 21.5 Å². The van der Waals surface area contributed by atoms with E-state index in [4.69, 9.17) is 0 Å². The number of nitrogens with zero attached hydrogens (tertiary/aromatic N) is 2. The second kappa shape index (κ2) is 3.94. The first-order chi connectivity index (χ1) is 7.16. The van der Waals surface area contributed by atoms with Gasteiger partial charge in [-0.25, -0.2) is 0 Å². The largest absolute Gasteiger partial charge is 0.350 e. The Morgan fingerprint density at radius 1 is 1.47 bits per heavy atom. The molecule has 1 amide bonds. The first-order valence-electron chi connectivity index (χ1n) is 4.70. The molecule has 1 aromatic carbocycles. The summed E-state index contributed by atoms with van der Waals surface area (Å²) in [6.07, 6.45) is 0. The standard InChI is InChI=1S/C10H11N3OS/c1-6(2)11-10(14)7-3-4-9-8(5-7)12-13-15-9/h3-6H,1-2H3,(H,11,14). The lowest BCUT2D eigenvalue weighted by molar-refractivity contribution is 0.0943. The third-order valence-corrected chi connectivity index (χ3v) is 2.63. The third kappa shape index (κ3) is 2.12. The van der Waals surface area contributed by atoms with E-state index in [1.807, 2.05) is 19.9 Å². The number of hydrogen-bond donors (Lipinski definition) is 1. The fourth-order valence-electron chi connectivity index (χ4n) is 1.27. The van der Waals surface area contributed by atoms with E-state index in [1.54, 1.807) is 12.1 Å². The molecule has 0 saturated heterocycles. The zero-order valence-corrected chi connectivity index (χ0v) is 9.34. The van der Waals surface area contributed by atoms with Crippen molar-refractivity contribution < 1.29 is 4.79 Å². The van der Waals surface area contributed by atoms with Crippen LogP contribution in [0.15, 0.2) is 18.2 Å². The average molecular weight is 221 g/mol. The molecule has 2 aromatic rings. The van der Waals surface area contributed by atoms with Crippen LogP contribution in [0.5, 0.6) is 0 Å². The van der Waals surface area contributed by atoms with Gasteiger partial charge in [-0.05, 0) is 43.6 Å². The normalized spacial score (nSPS) is 10.9.